The predicted octanol–water partition coefficient (Wildman–Crippen LogP) is 0.222. The number of aryl methyl sites for hydroxylation is 1. The molecule has 0 saturated carbocycles. The summed E-state index contributed by atoms with van der Waals surface area (Å²) in [5, 5.41) is 12.7. The van der Waals surface area contributed by atoms with Crippen molar-refractivity contribution >= 4 is 11.8 Å². The monoisotopic (exact) mass is 201 g/mol. The molecule has 0 saturated heterocycles. The fourth-order valence-electron chi connectivity index (χ4n) is 0.893. The van der Waals surface area contributed by atoms with Crippen molar-refractivity contribution in [2.24, 2.45) is 12.8 Å². The molecule has 13 heavy (non-hydrogen) atoms. The van der Waals surface area contributed by atoms with Gasteiger partial charge in [0.05, 0.1) is 12.8 Å². The molecule has 4 nitrogen and oxygen atoms in total. The van der Waals surface area contributed by atoms with Crippen molar-refractivity contribution in [1.82, 2.24) is 9.78 Å². The van der Waals surface area contributed by atoms with Gasteiger partial charge in [-0.15, -0.1) is 11.8 Å². The molecule has 0 radical (unpaired) electrons. The molecule has 0 aliphatic carbocycles. The van der Waals surface area contributed by atoms with Crippen LogP contribution in [0, 0.1) is 0 Å². The first-order valence-electron chi connectivity index (χ1n) is 4.20. The highest BCUT2D eigenvalue weighted by atomic mass is 32.2. The second-order valence-electron chi connectivity index (χ2n) is 2.93. The molecule has 1 heterocycles. The molecule has 1 aromatic rings. The van der Waals surface area contributed by atoms with Crippen LogP contribution < -0.4 is 5.73 Å². The van der Waals surface area contributed by atoms with E-state index in [1.54, 1.807) is 16.4 Å². The van der Waals surface area contributed by atoms with Gasteiger partial charge < -0.3 is 10.8 Å². The van der Waals surface area contributed by atoms with Gasteiger partial charge in [-0.2, -0.15) is 5.10 Å². The minimum Gasteiger partial charge on any atom is -0.395 e. The van der Waals surface area contributed by atoms with E-state index >= 15 is 0 Å². The van der Waals surface area contributed by atoms with Gasteiger partial charge >= 0.3 is 0 Å². The van der Waals surface area contributed by atoms with E-state index in [1.165, 1.54) is 0 Å². The van der Waals surface area contributed by atoms with Gasteiger partial charge in [0.25, 0.3) is 0 Å². The van der Waals surface area contributed by atoms with Crippen LogP contribution in [0.2, 0.25) is 0 Å². The lowest BCUT2D eigenvalue weighted by Gasteiger charge is -2.05. The van der Waals surface area contributed by atoms with Crippen LogP contribution in [0.1, 0.15) is 6.42 Å². The average Bonchev–Trinajstić information content (AvgIpc) is 2.51. The standard InChI is InChI=1S/C8H15N3OS/c1-11-5-8(4-10-11)13-3-2-7(9)6-12/h4-5,7,12H,2-3,6,9H2,1H3. The fraction of sp³-hybridized carbons (Fsp3) is 0.625. The summed E-state index contributed by atoms with van der Waals surface area (Å²) in [5.41, 5.74) is 5.56. The normalized spacial score (nSPS) is 13.2. The van der Waals surface area contributed by atoms with E-state index in [0.717, 1.165) is 17.1 Å². The molecule has 1 atom stereocenters. The minimum atomic E-state index is -0.0934. The molecule has 1 aromatic heterocycles. The average molecular weight is 201 g/mol. The molecule has 0 spiro atoms. The Morgan fingerprint density at radius 3 is 3.08 bits per heavy atom. The van der Waals surface area contributed by atoms with Gasteiger partial charge in [-0.3, -0.25) is 4.68 Å². The van der Waals surface area contributed by atoms with Crippen molar-refractivity contribution in [3.8, 4) is 0 Å². The van der Waals surface area contributed by atoms with E-state index in [0.29, 0.717) is 0 Å². The van der Waals surface area contributed by atoms with Gasteiger partial charge in [0.15, 0.2) is 0 Å². The van der Waals surface area contributed by atoms with Crippen LogP contribution in [0.5, 0.6) is 0 Å². The van der Waals surface area contributed by atoms with Gasteiger partial charge in [-0.1, -0.05) is 0 Å². The first-order chi connectivity index (χ1) is 6.22. The summed E-state index contributed by atoms with van der Waals surface area (Å²) < 4.78 is 1.77. The molecule has 1 rings (SSSR count). The molecule has 0 fully saturated rings. The third-order valence-electron chi connectivity index (χ3n) is 1.67. The highest BCUT2D eigenvalue weighted by molar-refractivity contribution is 7.99. The van der Waals surface area contributed by atoms with Gasteiger partial charge in [0, 0.05) is 24.2 Å². The molecule has 0 amide bonds. The molecular formula is C8H15N3OS. The maximum atomic E-state index is 8.69. The second-order valence-corrected chi connectivity index (χ2v) is 4.10. The molecule has 1 unspecified atom stereocenters. The molecule has 0 bridgehead atoms. The zero-order valence-corrected chi connectivity index (χ0v) is 8.50. The summed E-state index contributed by atoms with van der Waals surface area (Å²) in [6.07, 6.45) is 4.63. The van der Waals surface area contributed by atoms with Crippen molar-refractivity contribution in [2.45, 2.75) is 17.4 Å². The topological polar surface area (TPSA) is 64.1 Å². The van der Waals surface area contributed by atoms with E-state index in [4.69, 9.17) is 10.8 Å². The van der Waals surface area contributed by atoms with E-state index < -0.39 is 0 Å². The lowest BCUT2D eigenvalue weighted by molar-refractivity contribution is 0.264. The Labute approximate surface area is 82.1 Å². The molecule has 3 N–H and O–H groups in total. The van der Waals surface area contributed by atoms with Gasteiger partial charge in [0.2, 0.25) is 0 Å². The Kier molecular flexibility index (Phi) is 4.27. The van der Waals surface area contributed by atoms with Crippen molar-refractivity contribution < 1.29 is 5.11 Å². The Balaban J connectivity index is 2.20. The van der Waals surface area contributed by atoms with Crippen LogP contribution in [-0.2, 0) is 7.05 Å². The van der Waals surface area contributed by atoms with Gasteiger partial charge in [-0.05, 0) is 12.2 Å². The quantitative estimate of drug-likeness (QED) is 0.669. The molecular weight excluding hydrogens is 186 g/mol. The first kappa shape index (κ1) is 10.6. The third-order valence-corrected chi connectivity index (χ3v) is 2.66. The van der Waals surface area contributed by atoms with E-state index in [-0.39, 0.29) is 12.6 Å². The van der Waals surface area contributed by atoms with Crippen molar-refractivity contribution in [3.05, 3.63) is 12.4 Å². The summed E-state index contributed by atoms with van der Waals surface area (Å²) in [6.45, 7) is 0.0631. The highest BCUT2D eigenvalue weighted by Crippen LogP contribution is 2.17. The van der Waals surface area contributed by atoms with Crippen LogP contribution in [-0.4, -0.2) is 33.3 Å². The summed E-state index contributed by atoms with van der Waals surface area (Å²) in [4.78, 5) is 1.15. The van der Waals surface area contributed by atoms with Crippen LogP contribution in [0.25, 0.3) is 0 Å². The zero-order chi connectivity index (χ0) is 9.68. The third kappa shape index (κ3) is 3.80. The zero-order valence-electron chi connectivity index (χ0n) is 7.68. The van der Waals surface area contributed by atoms with Crippen LogP contribution in [0.4, 0.5) is 0 Å². The lowest BCUT2D eigenvalue weighted by Crippen LogP contribution is -2.24. The number of thioether (sulfide) groups is 1. The molecule has 0 aromatic carbocycles. The molecule has 5 heteroatoms. The van der Waals surface area contributed by atoms with Gasteiger partial charge in [-0.25, -0.2) is 0 Å². The maximum absolute atomic E-state index is 8.69. The largest absolute Gasteiger partial charge is 0.395 e. The van der Waals surface area contributed by atoms with Crippen molar-refractivity contribution in [2.75, 3.05) is 12.4 Å². The summed E-state index contributed by atoms with van der Waals surface area (Å²) in [6, 6.07) is -0.0934. The van der Waals surface area contributed by atoms with Gasteiger partial charge in [0.1, 0.15) is 0 Å². The Morgan fingerprint density at radius 2 is 2.54 bits per heavy atom. The van der Waals surface area contributed by atoms with E-state index in [1.807, 2.05) is 19.4 Å². The van der Waals surface area contributed by atoms with Crippen molar-refractivity contribution in [3.63, 3.8) is 0 Å². The first-order valence-corrected chi connectivity index (χ1v) is 5.19. The molecule has 74 valence electrons. The Morgan fingerprint density at radius 1 is 1.77 bits per heavy atom. The predicted molar refractivity (Wildman–Crippen MR) is 53.6 cm³/mol. The summed E-state index contributed by atoms with van der Waals surface area (Å²) in [7, 11) is 1.89. The lowest BCUT2D eigenvalue weighted by atomic mass is 10.3. The number of hydrogen-bond acceptors (Lipinski definition) is 4. The summed E-state index contributed by atoms with van der Waals surface area (Å²) >= 11 is 1.71. The second kappa shape index (κ2) is 5.26. The number of nitrogens with zero attached hydrogens (tertiary/aromatic N) is 2. The number of nitrogens with two attached hydrogens (primary N) is 1. The smallest absolute Gasteiger partial charge is 0.0625 e. The summed E-state index contributed by atoms with van der Waals surface area (Å²) in [5.74, 6) is 0.924. The molecule has 0 aliphatic rings. The fourth-order valence-corrected chi connectivity index (χ4v) is 1.90. The number of aliphatic hydroxyl groups is 1. The van der Waals surface area contributed by atoms with E-state index in [2.05, 4.69) is 5.10 Å². The Bertz CT molecular complexity index is 251. The maximum Gasteiger partial charge on any atom is 0.0625 e. The number of aliphatic hydroxyl groups excluding tert-OH is 1. The minimum absolute atomic E-state index is 0.0631. The van der Waals surface area contributed by atoms with E-state index in [9.17, 15) is 0 Å². The van der Waals surface area contributed by atoms with Crippen molar-refractivity contribution in [1.29, 1.82) is 0 Å². The SMILES string of the molecule is Cn1cc(SCCC(N)CO)cn1. The Hall–Kier alpha value is -0.520. The number of aromatic nitrogens is 2. The number of hydrogen-bond donors (Lipinski definition) is 2. The van der Waals surface area contributed by atoms with Crippen LogP contribution in [0.3, 0.4) is 0 Å². The number of rotatable bonds is 5. The highest BCUT2D eigenvalue weighted by Gasteiger charge is 2.01. The van der Waals surface area contributed by atoms with Crippen LogP contribution in [0.15, 0.2) is 17.3 Å². The van der Waals surface area contributed by atoms with Crippen LogP contribution >= 0.6 is 11.8 Å². The molecule has 0 aliphatic heterocycles.